The van der Waals surface area contributed by atoms with E-state index in [1.165, 1.54) is 5.57 Å². The van der Waals surface area contributed by atoms with Crippen molar-refractivity contribution in [3.05, 3.63) is 65.2 Å². The van der Waals surface area contributed by atoms with Crippen LogP contribution in [0, 0.1) is 12.8 Å². The van der Waals surface area contributed by atoms with Gasteiger partial charge in [0, 0.05) is 23.3 Å². The van der Waals surface area contributed by atoms with Gasteiger partial charge in [0.25, 0.3) is 0 Å². The van der Waals surface area contributed by atoms with E-state index in [1.807, 2.05) is 42.2 Å². The van der Waals surface area contributed by atoms with E-state index in [0.29, 0.717) is 17.0 Å². The van der Waals surface area contributed by atoms with Crippen molar-refractivity contribution in [2.45, 2.75) is 52.5 Å². The van der Waals surface area contributed by atoms with Crippen molar-refractivity contribution in [2.75, 3.05) is 11.9 Å². The minimum Gasteiger partial charge on any atom is -0.321 e. The van der Waals surface area contributed by atoms with Gasteiger partial charge in [-0.25, -0.2) is 4.79 Å². The van der Waals surface area contributed by atoms with Gasteiger partial charge in [-0.1, -0.05) is 61.0 Å². The third kappa shape index (κ3) is 6.28. The molecule has 0 aliphatic carbocycles. The van der Waals surface area contributed by atoms with Crippen molar-refractivity contribution < 1.29 is 4.79 Å². The Morgan fingerprint density at radius 2 is 2.19 bits per heavy atom. The molecule has 2 rings (SSSR count). The van der Waals surface area contributed by atoms with Crippen LogP contribution in [0.2, 0.25) is 5.02 Å². The third-order valence-electron chi connectivity index (χ3n) is 5.13. The van der Waals surface area contributed by atoms with E-state index in [-0.39, 0.29) is 6.03 Å². The molecule has 1 fully saturated rings. The summed E-state index contributed by atoms with van der Waals surface area (Å²) < 4.78 is 0. The van der Waals surface area contributed by atoms with Gasteiger partial charge in [-0.3, -0.25) is 0 Å². The van der Waals surface area contributed by atoms with Gasteiger partial charge >= 0.3 is 6.03 Å². The molecule has 2 amide bonds. The van der Waals surface area contributed by atoms with E-state index in [2.05, 4.69) is 37.9 Å². The summed E-state index contributed by atoms with van der Waals surface area (Å²) in [5, 5.41) is 3.67. The number of carbonyl (C=O) groups excluding carboxylic acids is 1. The molecule has 1 N–H and O–H groups in total. The van der Waals surface area contributed by atoms with E-state index in [0.717, 1.165) is 43.5 Å². The molecule has 0 aromatic heterocycles. The van der Waals surface area contributed by atoms with Crippen LogP contribution in [0.5, 0.6) is 0 Å². The topological polar surface area (TPSA) is 32.3 Å². The van der Waals surface area contributed by atoms with Crippen LogP contribution in [-0.4, -0.2) is 23.5 Å². The fraction of sp³-hybridized carbons (Fsp3) is 0.435. The number of nitrogens with zero attached hydrogens (tertiary/aromatic N) is 1. The molecule has 2 atom stereocenters. The average molecular weight is 387 g/mol. The monoisotopic (exact) mass is 386 g/mol. The second kappa shape index (κ2) is 10.4. The molecule has 4 heteroatoms. The van der Waals surface area contributed by atoms with Gasteiger partial charge in [0.15, 0.2) is 0 Å². The molecule has 0 saturated carbocycles. The van der Waals surface area contributed by atoms with Crippen LogP contribution < -0.4 is 5.32 Å². The SMILES string of the molecule is C=C/C=C(/C)C/C=C/CC1CC(CC)N(C(=O)Nc2ccc(C)c(Cl)c2)C1. The molecular weight excluding hydrogens is 356 g/mol. The minimum absolute atomic E-state index is 0.0296. The van der Waals surface area contributed by atoms with Gasteiger partial charge in [-0.2, -0.15) is 0 Å². The number of halogens is 1. The van der Waals surface area contributed by atoms with Crippen LogP contribution in [0.25, 0.3) is 0 Å². The summed E-state index contributed by atoms with van der Waals surface area (Å²) in [6.45, 7) is 10.7. The second-order valence-corrected chi connectivity index (χ2v) is 7.78. The second-order valence-electron chi connectivity index (χ2n) is 7.37. The summed E-state index contributed by atoms with van der Waals surface area (Å²) in [4.78, 5) is 14.7. The predicted octanol–water partition coefficient (Wildman–Crippen LogP) is 6.75. The van der Waals surface area contributed by atoms with Gasteiger partial charge in [0.05, 0.1) is 0 Å². The predicted molar refractivity (Wildman–Crippen MR) is 116 cm³/mol. The molecule has 0 spiro atoms. The molecule has 3 nitrogen and oxygen atoms in total. The van der Waals surface area contributed by atoms with Crippen molar-refractivity contribution in [1.82, 2.24) is 4.90 Å². The Labute approximate surface area is 168 Å². The molecular formula is C23H31ClN2O. The summed E-state index contributed by atoms with van der Waals surface area (Å²) in [5.74, 6) is 0.516. The Morgan fingerprint density at radius 3 is 2.85 bits per heavy atom. The van der Waals surface area contributed by atoms with Crippen molar-refractivity contribution >= 4 is 23.3 Å². The molecule has 1 saturated heterocycles. The number of benzene rings is 1. The number of hydrogen-bond donors (Lipinski definition) is 1. The number of rotatable bonds is 7. The van der Waals surface area contributed by atoms with Crippen molar-refractivity contribution in [3.8, 4) is 0 Å². The first-order chi connectivity index (χ1) is 12.9. The lowest BCUT2D eigenvalue weighted by atomic mass is 10.00. The van der Waals surface area contributed by atoms with Gasteiger partial charge in [-0.05, 0) is 63.1 Å². The Bertz CT molecular complexity index is 723. The summed E-state index contributed by atoms with van der Waals surface area (Å²) in [6, 6.07) is 5.90. The maximum Gasteiger partial charge on any atom is 0.322 e. The zero-order chi connectivity index (χ0) is 19.8. The van der Waals surface area contributed by atoms with Crippen molar-refractivity contribution in [3.63, 3.8) is 0 Å². The molecule has 27 heavy (non-hydrogen) atoms. The first-order valence-corrected chi connectivity index (χ1v) is 10.1. The average Bonchev–Trinajstić information content (AvgIpc) is 3.05. The highest BCUT2D eigenvalue weighted by Gasteiger charge is 2.33. The molecule has 1 aromatic rings. The zero-order valence-corrected chi connectivity index (χ0v) is 17.4. The Kier molecular flexibility index (Phi) is 8.18. The molecule has 146 valence electrons. The molecule has 2 unspecified atom stereocenters. The molecule has 0 radical (unpaired) electrons. The van der Waals surface area contributed by atoms with E-state index in [4.69, 9.17) is 11.6 Å². The summed E-state index contributed by atoms with van der Waals surface area (Å²) in [6.07, 6.45) is 12.3. The molecule has 0 bridgehead atoms. The summed E-state index contributed by atoms with van der Waals surface area (Å²) in [5.41, 5.74) is 3.06. The number of urea groups is 1. The fourth-order valence-corrected chi connectivity index (χ4v) is 3.69. The summed E-state index contributed by atoms with van der Waals surface area (Å²) >= 11 is 6.17. The van der Waals surface area contributed by atoms with Crippen molar-refractivity contribution in [2.24, 2.45) is 5.92 Å². The third-order valence-corrected chi connectivity index (χ3v) is 5.54. The number of carbonyl (C=O) groups is 1. The van der Waals surface area contributed by atoms with Crippen LogP contribution in [0.3, 0.4) is 0 Å². The van der Waals surface area contributed by atoms with E-state index in [9.17, 15) is 4.79 Å². The van der Waals surface area contributed by atoms with Gasteiger partial charge in [0.2, 0.25) is 0 Å². The van der Waals surface area contributed by atoms with Crippen LogP contribution in [-0.2, 0) is 0 Å². The number of anilines is 1. The van der Waals surface area contributed by atoms with Crippen molar-refractivity contribution in [1.29, 1.82) is 0 Å². The lowest BCUT2D eigenvalue weighted by molar-refractivity contribution is 0.204. The number of likely N-dealkylation sites (tertiary alicyclic amines) is 1. The summed E-state index contributed by atoms with van der Waals surface area (Å²) in [7, 11) is 0. The maximum atomic E-state index is 12.8. The quantitative estimate of drug-likeness (QED) is 0.408. The zero-order valence-electron chi connectivity index (χ0n) is 16.7. The van der Waals surface area contributed by atoms with Gasteiger partial charge in [0.1, 0.15) is 0 Å². The maximum absolute atomic E-state index is 12.8. The number of allylic oxidation sites excluding steroid dienone is 5. The number of nitrogens with one attached hydrogen (secondary N) is 1. The highest BCUT2D eigenvalue weighted by molar-refractivity contribution is 6.31. The van der Waals surface area contributed by atoms with Gasteiger partial charge in [-0.15, -0.1) is 0 Å². The molecule has 1 aliphatic heterocycles. The number of aryl methyl sites for hydroxylation is 1. The number of amides is 2. The van der Waals surface area contributed by atoms with Crippen LogP contribution in [0.4, 0.5) is 10.5 Å². The van der Waals surface area contributed by atoms with Crippen LogP contribution in [0.15, 0.2) is 54.7 Å². The largest absolute Gasteiger partial charge is 0.322 e. The fourth-order valence-electron chi connectivity index (χ4n) is 3.51. The first-order valence-electron chi connectivity index (χ1n) is 9.71. The lowest BCUT2D eigenvalue weighted by Gasteiger charge is -2.24. The molecule has 1 aromatic carbocycles. The Morgan fingerprint density at radius 1 is 1.41 bits per heavy atom. The normalized spacial score (nSPS) is 20.3. The van der Waals surface area contributed by atoms with Crippen LogP contribution in [0.1, 0.15) is 45.1 Å². The van der Waals surface area contributed by atoms with E-state index in [1.54, 1.807) is 0 Å². The Balaban J connectivity index is 1.91. The smallest absolute Gasteiger partial charge is 0.321 e. The number of hydrogen-bond acceptors (Lipinski definition) is 1. The van der Waals surface area contributed by atoms with E-state index < -0.39 is 0 Å². The standard InChI is InChI=1S/C23H31ClN2O/c1-5-9-17(3)10-7-8-11-19-14-21(6-2)26(16-19)23(27)25-20-13-12-18(4)22(24)15-20/h5,7-9,12-13,15,19,21H,1,6,10-11,14,16H2,2-4H3,(H,25,27)/b8-7+,17-9-. The lowest BCUT2D eigenvalue weighted by Crippen LogP contribution is -2.38. The van der Waals surface area contributed by atoms with Gasteiger partial charge < -0.3 is 10.2 Å². The highest BCUT2D eigenvalue weighted by Crippen LogP contribution is 2.29. The molecule has 1 heterocycles. The van der Waals surface area contributed by atoms with E-state index >= 15 is 0 Å². The highest BCUT2D eigenvalue weighted by atomic mass is 35.5. The Hall–Kier alpha value is -2.00. The molecule has 1 aliphatic rings. The minimum atomic E-state index is -0.0296. The van der Waals surface area contributed by atoms with Crippen LogP contribution >= 0.6 is 11.6 Å². The first kappa shape index (κ1) is 21.3.